The number of pyridine rings is 1. The predicted octanol–water partition coefficient (Wildman–Crippen LogP) is 4.23. The van der Waals surface area contributed by atoms with Crippen molar-refractivity contribution in [2.75, 3.05) is 7.11 Å². The van der Waals surface area contributed by atoms with Crippen molar-refractivity contribution in [2.24, 2.45) is 0 Å². The second-order valence-corrected chi connectivity index (χ2v) is 6.38. The molecule has 1 aliphatic rings. The fourth-order valence-corrected chi connectivity index (χ4v) is 3.06. The van der Waals surface area contributed by atoms with Gasteiger partial charge in [-0.05, 0) is 55.0 Å². The van der Waals surface area contributed by atoms with Crippen LogP contribution in [0.3, 0.4) is 0 Å². The molecule has 0 radical (unpaired) electrons. The molecule has 3 aromatic rings. The molecule has 6 heteroatoms. The Kier molecular flexibility index (Phi) is 4.83. The molecule has 4 rings (SSSR count). The SMILES string of the molecule is COc1ccccc1C(=O)Oc1ccc2c(c1C)O/C(=C\c1ccncc1)C2=O. The van der Waals surface area contributed by atoms with Gasteiger partial charge in [0.15, 0.2) is 5.76 Å². The topological polar surface area (TPSA) is 74.7 Å². The molecule has 0 unspecified atom stereocenters. The second-order valence-electron chi connectivity index (χ2n) is 6.38. The van der Waals surface area contributed by atoms with Crippen molar-refractivity contribution < 1.29 is 23.8 Å². The van der Waals surface area contributed by atoms with E-state index >= 15 is 0 Å². The highest BCUT2D eigenvalue weighted by atomic mass is 16.5. The number of fused-ring (bicyclic) bond motifs is 1. The van der Waals surface area contributed by atoms with E-state index < -0.39 is 5.97 Å². The number of carbonyl (C=O) groups is 2. The highest BCUT2D eigenvalue weighted by Gasteiger charge is 2.30. The van der Waals surface area contributed by atoms with E-state index in [1.165, 1.54) is 7.11 Å². The van der Waals surface area contributed by atoms with Gasteiger partial charge in [-0.15, -0.1) is 0 Å². The van der Waals surface area contributed by atoms with E-state index in [1.807, 2.05) is 0 Å². The van der Waals surface area contributed by atoms with Gasteiger partial charge in [0, 0.05) is 18.0 Å². The molecular formula is C23H17NO5. The maximum atomic E-state index is 12.7. The van der Waals surface area contributed by atoms with Crippen LogP contribution in [0.15, 0.2) is 66.7 Å². The third-order valence-electron chi connectivity index (χ3n) is 4.57. The molecule has 0 fully saturated rings. The summed E-state index contributed by atoms with van der Waals surface area (Å²) in [4.78, 5) is 29.2. The number of para-hydroxylation sites is 1. The van der Waals surface area contributed by atoms with Gasteiger partial charge in [-0.2, -0.15) is 0 Å². The van der Waals surface area contributed by atoms with Crippen LogP contribution in [0.4, 0.5) is 0 Å². The van der Waals surface area contributed by atoms with E-state index in [1.54, 1.807) is 73.9 Å². The Morgan fingerprint density at radius 3 is 2.55 bits per heavy atom. The van der Waals surface area contributed by atoms with Gasteiger partial charge in [0.2, 0.25) is 5.78 Å². The number of esters is 1. The van der Waals surface area contributed by atoms with Gasteiger partial charge in [0.1, 0.15) is 22.8 Å². The first-order chi connectivity index (χ1) is 14.1. The van der Waals surface area contributed by atoms with Crippen LogP contribution < -0.4 is 14.2 Å². The van der Waals surface area contributed by atoms with Gasteiger partial charge in [0.05, 0.1) is 12.7 Å². The average molecular weight is 387 g/mol. The summed E-state index contributed by atoms with van der Waals surface area (Å²) in [6.45, 7) is 1.74. The third-order valence-corrected chi connectivity index (χ3v) is 4.57. The fourth-order valence-electron chi connectivity index (χ4n) is 3.06. The number of carbonyl (C=O) groups excluding carboxylic acids is 2. The molecule has 2 aromatic carbocycles. The number of ketones is 1. The number of ether oxygens (including phenoxy) is 3. The lowest BCUT2D eigenvalue weighted by atomic mass is 10.1. The minimum atomic E-state index is -0.553. The molecule has 0 aliphatic carbocycles. The Bertz CT molecular complexity index is 1140. The minimum absolute atomic E-state index is 0.211. The summed E-state index contributed by atoms with van der Waals surface area (Å²) in [5.41, 5.74) is 2.11. The van der Waals surface area contributed by atoms with E-state index in [0.29, 0.717) is 33.9 Å². The van der Waals surface area contributed by atoms with Crippen LogP contribution in [0.5, 0.6) is 17.2 Å². The van der Waals surface area contributed by atoms with Gasteiger partial charge in [-0.25, -0.2) is 4.79 Å². The van der Waals surface area contributed by atoms with E-state index in [-0.39, 0.29) is 11.5 Å². The number of hydrogen-bond donors (Lipinski definition) is 0. The smallest absolute Gasteiger partial charge is 0.347 e. The zero-order valence-corrected chi connectivity index (χ0v) is 15.8. The van der Waals surface area contributed by atoms with E-state index in [2.05, 4.69) is 4.98 Å². The van der Waals surface area contributed by atoms with Crippen LogP contribution in [0.25, 0.3) is 6.08 Å². The summed E-state index contributed by atoms with van der Waals surface area (Å²) in [5.74, 6) is 0.566. The number of rotatable bonds is 4. The first kappa shape index (κ1) is 18.4. The molecule has 29 heavy (non-hydrogen) atoms. The number of allylic oxidation sites excluding steroid dienone is 1. The summed E-state index contributed by atoms with van der Waals surface area (Å²) in [5, 5.41) is 0. The van der Waals surface area contributed by atoms with E-state index in [9.17, 15) is 9.59 Å². The lowest BCUT2D eigenvalue weighted by Gasteiger charge is -2.11. The Balaban J connectivity index is 1.63. The van der Waals surface area contributed by atoms with Gasteiger partial charge in [0.25, 0.3) is 0 Å². The normalized spacial score (nSPS) is 13.7. The molecule has 0 atom stereocenters. The molecule has 2 heterocycles. The molecule has 0 saturated heterocycles. The Morgan fingerprint density at radius 1 is 1.03 bits per heavy atom. The molecule has 1 aliphatic heterocycles. The fraction of sp³-hybridized carbons (Fsp3) is 0.0870. The second kappa shape index (κ2) is 7.59. The van der Waals surface area contributed by atoms with Gasteiger partial charge >= 0.3 is 5.97 Å². The summed E-state index contributed by atoms with van der Waals surface area (Å²) in [6.07, 6.45) is 4.93. The van der Waals surface area contributed by atoms with Crippen molar-refractivity contribution in [1.29, 1.82) is 0 Å². The van der Waals surface area contributed by atoms with Crippen LogP contribution in [0.1, 0.15) is 31.8 Å². The monoisotopic (exact) mass is 387 g/mol. The molecule has 0 N–H and O–H groups in total. The summed E-state index contributed by atoms with van der Waals surface area (Å²) < 4.78 is 16.6. The average Bonchev–Trinajstić information content (AvgIpc) is 3.07. The van der Waals surface area contributed by atoms with Crippen LogP contribution in [-0.4, -0.2) is 23.8 Å². The minimum Gasteiger partial charge on any atom is -0.496 e. The van der Waals surface area contributed by atoms with E-state index in [0.717, 1.165) is 5.56 Å². The maximum Gasteiger partial charge on any atom is 0.347 e. The molecule has 0 bridgehead atoms. The Morgan fingerprint density at radius 2 is 1.79 bits per heavy atom. The summed E-state index contributed by atoms with van der Waals surface area (Å²) in [6, 6.07) is 13.6. The molecule has 0 saturated carbocycles. The van der Waals surface area contributed by atoms with Crippen LogP contribution in [0.2, 0.25) is 0 Å². The molecule has 0 spiro atoms. The number of benzene rings is 2. The number of methoxy groups -OCH3 is 1. The van der Waals surface area contributed by atoms with Crippen LogP contribution in [0, 0.1) is 6.92 Å². The number of Topliss-reactive ketones (excluding diaryl/α,β-unsaturated/α-hetero) is 1. The number of nitrogens with zero attached hydrogens (tertiary/aromatic N) is 1. The predicted molar refractivity (Wildman–Crippen MR) is 106 cm³/mol. The zero-order chi connectivity index (χ0) is 20.4. The van der Waals surface area contributed by atoms with Crippen molar-refractivity contribution in [2.45, 2.75) is 6.92 Å². The standard InChI is InChI=1S/C23H17NO5/c1-14-18(29-23(26)16-5-3-4-6-19(16)27-2)8-7-17-21(25)20(28-22(14)17)13-15-9-11-24-12-10-15/h3-13H,1-2H3/b20-13-. The first-order valence-corrected chi connectivity index (χ1v) is 8.91. The summed E-state index contributed by atoms with van der Waals surface area (Å²) in [7, 11) is 1.49. The van der Waals surface area contributed by atoms with Gasteiger partial charge in [-0.1, -0.05) is 12.1 Å². The van der Waals surface area contributed by atoms with Crippen molar-refractivity contribution >= 4 is 17.8 Å². The molecule has 0 amide bonds. The quantitative estimate of drug-likeness (QED) is 0.379. The molecule has 144 valence electrons. The largest absolute Gasteiger partial charge is 0.496 e. The van der Waals surface area contributed by atoms with Crippen LogP contribution in [-0.2, 0) is 0 Å². The number of hydrogen-bond acceptors (Lipinski definition) is 6. The van der Waals surface area contributed by atoms with Gasteiger partial charge in [-0.3, -0.25) is 9.78 Å². The molecule has 6 nitrogen and oxygen atoms in total. The van der Waals surface area contributed by atoms with Crippen molar-refractivity contribution in [3.05, 3.63) is 88.9 Å². The summed E-state index contributed by atoms with van der Waals surface area (Å²) >= 11 is 0. The molecular weight excluding hydrogens is 370 g/mol. The van der Waals surface area contributed by atoms with Crippen molar-refractivity contribution in [1.82, 2.24) is 4.98 Å². The highest BCUT2D eigenvalue weighted by molar-refractivity contribution is 6.15. The lowest BCUT2D eigenvalue weighted by molar-refractivity contribution is 0.0729. The highest BCUT2D eigenvalue weighted by Crippen LogP contribution is 2.39. The lowest BCUT2D eigenvalue weighted by Crippen LogP contribution is -2.11. The molecule has 1 aromatic heterocycles. The third kappa shape index (κ3) is 3.48. The van der Waals surface area contributed by atoms with Crippen LogP contribution >= 0.6 is 0 Å². The Labute approximate surface area is 167 Å². The van der Waals surface area contributed by atoms with E-state index in [4.69, 9.17) is 14.2 Å². The zero-order valence-electron chi connectivity index (χ0n) is 15.8. The first-order valence-electron chi connectivity index (χ1n) is 8.91. The maximum absolute atomic E-state index is 12.7. The van der Waals surface area contributed by atoms with Gasteiger partial charge < -0.3 is 14.2 Å². The van der Waals surface area contributed by atoms with Crippen molar-refractivity contribution in [3.8, 4) is 17.2 Å². The number of aromatic nitrogens is 1. The van der Waals surface area contributed by atoms with Crippen molar-refractivity contribution in [3.63, 3.8) is 0 Å². The Hall–Kier alpha value is -3.93.